The van der Waals surface area contributed by atoms with Crippen LogP contribution >= 0.6 is 0 Å². The van der Waals surface area contributed by atoms with E-state index in [2.05, 4.69) is 20.8 Å². The SMILES string of the molecule is CCCCCCCCCC[N+](CCCCCCCCCC)(CCCCCCCCCC)CS(=O)(=O)[O-]. The number of quaternary nitrogens is 1. The van der Waals surface area contributed by atoms with Gasteiger partial charge in [-0.15, -0.1) is 0 Å². The molecule has 0 unspecified atom stereocenters. The summed E-state index contributed by atoms with van der Waals surface area (Å²) in [5, 5.41) is 0. The summed E-state index contributed by atoms with van der Waals surface area (Å²) < 4.78 is 36.5. The smallest absolute Gasteiger partial charge is 0.169 e. The van der Waals surface area contributed by atoms with Gasteiger partial charge in [0, 0.05) is 0 Å². The van der Waals surface area contributed by atoms with E-state index < -0.39 is 10.1 Å². The first-order chi connectivity index (χ1) is 17.4. The molecule has 0 radical (unpaired) electrons. The maximum absolute atomic E-state index is 12.0. The maximum atomic E-state index is 12.0. The minimum absolute atomic E-state index is 0.198. The van der Waals surface area contributed by atoms with Crippen LogP contribution in [0.2, 0.25) is 0 Å². The van der Waals surface area contributed by atoms with Crippen LogP contribution in [0.15, 0.2) is 0 Å². The zero-order valence-electron chi connectivity index (χ0n) is 24.9. The van der Waals surface area contributed by atoms with Gasteiger partial charge >= 0.3 is 0 Å². The van der Waals surface area contributed by atoms with Gasteiger partial charge in [-0.2, -0.15) is 0 Å². The van der Waals surface area contributed by atoms with Crippen LogP contribution in [0.3, 0.4) is 0 Å². The van der Waals surface area contributed by atoms with Crippen LogP contribution in [0.4, 0.5) is 0 Å². The van der Waals surface area contributed by atoms with E-state index in [0.717, 1.165) is 38.9 Å². The first-order valence-corrected chi connectivity index (χ1v) is 17.8. The molecule has 0 aliphatic rings. The molecule has 0 saturated carbocycles. The third-order valence-corrected chi connectivity index (χ3v) is 8.75. The predicted molar refractivity (Wildman–Crippen MR) is 157 cm³/mol. The summed E-state index contributed by atoms with van der Waals surface area (Å²) in [7, 11) is -4.23. The summed E-state index contributed by atoms with van der Waals surface area (Å²) in [6.07, 6.45) is 30.0. The van der Waals surface area contributed by atoms with E-state index in [0.29, 0.717) is 4.48 Å². The Bertz CT molecular complexity index is 500. The number of rotatable bonds is 29. The molecule has 4 nitrogen and oxygen atoms in total. The van der Waals surface area contributed by atoms with Crippen molar-refractivity contribution in [2.24, 2.45) is 0 Å². The Morgan fingerprint density at radius 3 is 0.861 bits per heavy atom. The fourth-order valence-electron chi connectivity index (χ4n) is 5.61. The molecule has 0 atom stereocenters. The van der Waals surface area contributed by atoms with Gasteiger partial charge < -0.3 is 9.04 Å². The monoisotopic (exact) mass is 531 g/mol. The Morgan fingerprint density at radius 2 is 0.639 bits per heavy atom. The highest BCUT2D eigenvalue weighted by Crippen LogP contribution is 2.20. The van der Waals surface area contributed by atoms with Crippen LogP contribution < -0.4 is 0 Å². The van der Waals surface area contributed by atoms with Crippen molar-refractivity contribution >= 4 is 10.1 Å². The summed E-state index contributed by atoms with van der Waals surface area (Å²) in [6, 6.07) is 0. The molecule has 0 saturated heterocycles. The van der Waals surface area contributed by atoms with Crippen molar-refractivity contribution in [1.82, 2.24) is 0 Å². The van der Waals surface area contributed by atoms with Gasteiger partial charge in [0.1, 0.15) is 10.1 Å². The van der Waals surface area contributed by atoms with E-state index >= 15 is 0 Å². The number of unbranched alkanes of at least 4 members (excludes halogenated alkanes) is 21. The van der Waals surface area contributed by atoms with Crippen LogP contribution in [0.1, 0.15) is 175 Å². The number of hydrogen-bond acceptors (Lipinski definition) is 3. The van der Waals surface area contributed by atoms with Gasteiger partial charge in [0.25, 0.3) is 0 Å². The Kier molecular flexibility index (Phi) is 25.1. The van der Waals surface area contributed by atoms with Gasteiger partial charge in [-0.3, -0.25) is 0 Å². The zero-order chi connectivity index (χ0) is 26.8. The third-order valence-electron chi connectivity index (χ3n) is 7.89. The highest BCUT2D eigenvalue weighted by molar-refractivity contribution is 7.85. The van der Waals surface area contributed by atoms with Crippen LogP contribution in [-0.4, -0.2) is 43.0 Å². The van der Waals surface area contributed by atoms with Crippen molar-refractivity contribution in [1.29, 1.82) is 0 Å². The van der Waals surface area contributed by atoms with Crippen molar-refractivity contribution in [3.63, 3.8) is 0 Å². The van der Waals surface area contributed by atoms with Crippen LogP contribution in [-0.2, 0) is 10.1 Å². The summed E-state index contributed by atoms with van der Waals surface area (Å²) in [5.74, 6) is -0.198. The molecule has 218 valence electrons. The molecule has 0 rings (SSSR count). The molecular formula is C31H65NO3S. The molecule has 36 heavy (non-hydrogen) atoms. The maximum Gasteiger partial charge on any atom is 0.169 e. The molecule has 0 N–H and O–H groups in total. The third kappa shape index (κ3) is 24.2. The lowest BCUT2D eigenvalue weighted by Gasteiger charge is -2.39. The standard InChI is InChI=1S/C31H65NO3S/c1-4-7-10-13-16-19-22-25-28-32(31-36(33,34)35,29-26-23-20-17-14-11-8-5-2)30-27-24-21-18-15-12-9-6-3/h4-31H2,1-3H3. The average Bonchev–Trinajstić information content (AvgIpc) is 2.83. The summed E-state index contributed by atoms with van der Waals surface area (Å²) in [6.45, 7) is 9.35. The van der Waals surface area contributed by atoms with Crippen molar-refractivity contribution in [3.8, 4) is 0 Å². The molecule has 5 heteroatoms. The zero-order valence-corrected chi connectivity index (χ0v) is 25.7. The Hall–Kier alpha value is -0.130. The highest BCUT2D eigenvalue weighted by atomic mass is 32.2. The molecule has 0 aromatic carbocycles. The number of hydrogen-bond donors (Lipinski definition) is 0. The summed E-state index contributed by atoms with van der Waals surface area (Å²) in [4.78, 5) is 0. The van der Waals surface area contributed by atoms with E-state index in [9.17, 15) is 13.0 Å². The molecule has 0 aliphatic carbocycles. The van der Waals surface area contributed by atoms with Crippen molar-refractivity contribution in [2.75, 3.05) is 25.5 Å². The minimum Gasteiger partial charge on any atom is -0.744 e. The second-order valence-corrected chi connectivity index (χ2v) is 13.0. The lowest BCUT2D eigenvalue weighted by Crippen LogP contribution is -2.53. The first kappa shape index (κ1) is 35.9. The predicted octanol–water partition coefficient (Wildman–Crippen LogP) is 9.73. The van der Waals surface area contributed by atoms with Gasteiger partial charge in [0.2, 0.25) is 0 Å². The molecule has 0 aromatic heterocycles. The van der Waals surface area contributed by atoms with Crippen molar-refractivity contribution in [3.05, 3.63) is 0 Å². The number of nitrogens with zero attached hydrogens (tertiary/aromatic N) is 1. The molecular weight excluding hydrogens is 466 g/mol. The van der Waals surface area contributed by atoms with Gasteiger partial charge in [0.15, 0.2) is 5.88 Å². The molecule has 0 fully saturated rings. The lowest BCUT2D eigenvalue weighted by molar-refractivity contribution is -0.918. The van der Waals surface area contributed by atoms with E-state index in [-0.39, 0.29) is 5.88 Å². The second-order valence-electron chi connectivity index (χ2n) is 11.6. The van der Waals surface area contributed by atoms with Gasteiger partial charge in [-0.1, -0.05) is 136 Å². The molecule has 0 spiro atoms. The van der Waals surface area contributed by atoms with E-state index in [1.54, 1.807) is 0 Å². The summed E-state index contributed by atoms with van der Waals surface area (Å²) in [5.41, 5.74) is 0. The molecule has 0 bridgehead atoms. The minimum atomic E-state index is -4.23. The normalized spacial score (nSPS) is 12.4. The fraction of sp³-hybridized carbons (Fsp3) is 1.00. The van der Waals surface area contributed by atoms with E-state index in [1.165, 1.54) is 135 Å². The molecule has 0 heterocycles. The highest BCUT2D eigenvalue weighted by Gasteiger charge is 2.28. The average molecular weight is 532 g/mol. The fourth-order valence-corrected chi connectivity index (χ4v) is 6.67. The lowest BCUT2D eigenvalue weighted by atomic mass is 10.1. The Morgan fingerprint density at radius 1 is 0.417 bits per heavy atom. The van der Waals surface area contributed by atoms with Crippen LogP contribution in [0.5, 0.6) is 0 Å². The second kappa shape index (κ2) is 25.2. The van der Waals surface area contributed by atoms with Crippen molar-refractivity contribution in [2.45, 2.75) is 175 Å². The van der Waals surface area contributed by atoms with Gasteiger partial charge in [-0.25, -0.2) is 8.42 Å². The Labute approximate surface area is 227 Å². The quantitative estimate of drug-likeness (QED) is 0.0548. The largest absolute Gasteiger partial charge is 0.744 e. The topological polar surface area (TPSA) is 57.2 Å². The molecule has 0 aromatic rings. The van der Waals surface area contributed by atoms with Crippen molar-refractivity contribution < 1.29 is 17.5 Å². The van der Waals surface area contributed by atoms with E-state index in [1.807, 2.05) is 0 Å². The molecule has 0 aliphatic heterocycles. The van der Waals surface area contributed by atoms with Gasteiger partial charge in [0.05, 0.1) is 19.6 Å². The first-order valence-electron chi connectivity index (χ1n) is 16.2. The van der Waals surface area contributed by atoms with Crippen LogP contribution in [0.25, 0.3) is 0 Å². The van der Waals surface area contributed by atoms with E-state index in [4.69, 9.17) is 0 Å². The Balaban J connectivity index is 4.73. The van der Waals surface area contributed by atoms with Crippen LogP contribution in [0, 0.1) is 0 Å². The summed E-state index contributed by atoms with van der Waals surface area (Å²) >= 11 is 0. The van der Waals surface area contributed by atoms with Gasteiger partial charge in [-0.05, 0) is 38.5 Å². The molecule has 0 amide bonds.